The fourth-order valence-electron chi connectivity index (χ4n) is 3.26. The van der Waals surface area contributed by atoms with E-state index in [0.717, 1.165) is 12.0 Å². The predicted octanol–water partition coefficient (Wildman–Crippen LogP) is 4.06. The van der Waals surface area contributed by atoms with Gasteiger partial charge in [-0.1, -0.05) is 29.4 Å². The first-order valence-corrected chi connectivity index (χ1v) is 8.98. The molecule has 1 atom stereocenters. The van der Waals surface area contributed by atoms with Crippen LogP contribution < -0.4 is 5.32 Å². The van der Waals surface area contributed by atoms with E-state index in [-0.39, 0.29) is 29.5 Å². The fraction of sp³-hybridized carbons (Fsp3) is 0.250. The maximum Gasteiger partial charge on any atom is 0.318 e. The highest BCUT2D eigenvalue weighted by Gasteiger charge is 2.34. The quantitative estimate of drug-likeness (QED) is 0.736. The monoisotopic (exact) mass is 384 g/mol. The van der Waals surface area contributed by atoms with Crippen molar-refractivity contribution >= 4 is 6.03 Å². The minimum Gasteiger partial charge on any atom is -0.337 e. The molecule has 1 aliphatic heterocycles. The van der Waals surface area contributed by atoms with E-state index in [1.165, 1.54) is 24.3 Å². The summed E-state index contributed by atoms with van der Waals surface area (Å²) in [4.78, 5) is 18.6. The molecule has 0 aliphatic carbocycles. The van der Waals surface area contributed by atoms with Gasteiger partial charge in [-0.05, 0) is 42.7 Å². The van der Waals surface area contributed by atoms with Crippen LogP contribution in [-0.2, 0) is 6.54 Å². The van der Waals surface area contributed by atoms with Crippen molar-refractivity contribution in [1.82, 2.24) is 20.4 Å². The largest absolute Gasteiger partial charge is 0.337 e. The second kappa shape index (κ2) is 7.75. The zero-order valence-corrected chi connectivity index (χ0v) is 14.9. The molecule has 1 fully saturated rings. The van der Waals surface area contributed by atoms with Crippen LogP contribution in [0, 0.1) is 11.6 Å². The van der Waals surface area contributed by atoms with Crippen molar-refractivity contribution in [3.05, 3.63) is 71.6 Å². The van der Waals surface area contributed by atoms with Gasteiger partial charge in [-0.2, -0.15) is 4.98 Å². The number of nitrogens with one attached hydrogen (secondary N) is 1. The topological polar surface area (TPSA) is 71.3 Å². The number of amides is 2. The summed E-state index contributed by atoms with van der Waals surface area (Å²) in [6.45, 7) is 0.859. The molecule has 1 N–H and O–H groups in total. The van der Waals surface area contributed by atoms with Crippen molar-refractivity contribution in [1.29, 1.82) is 0 Å². The van der Waals surface area contributed by atoms with E-state index in [1.807, 2.05) is 0 Å². The highest BCUT2D eigenvalue weighted by molar-refractivity contribution is 5.75. The van der Waals surface area contributed by atoms with E-state index >= 15 is 0 Å². The Bertz CT molecular complexity index is 974. The molecule has 3 aromatic rings. The fourth-order valence-corrected chi connectivity index (χ4v) is 3.26. The number of nitrogens with zero attached hydrogens (tertiary/aromatic N) is 3. The summed E-state index contributed by atoms with van der Waals surface area (Å²) in [7, 11) is 0. The molecule has 2 amide bonds. The zero-order chi connectivity index (χ0) is 19.5. The van der Waals surface area contributed by atoms with Gasteiger partial charge in [-0.15, -0.1) is 0 Å². The van der Waals surface area contributed by atoms with Gasteiger partial charge in [0.05, 0.1) is 0 Å². The number of hydrogen-bond donors (Lipinski definition) is 1. The lowest BCUT2D eigenvalue weighted by molar-refractivity contribution is 0.180. The Morgan fingerprint density at radius 1 is 1.18 bits per heavy atom. The number of likely N-dealkylation sites (tertiary alicyclic amines) is 1. The van der Waals surface area contributed by atoms with E-state index in [0.29, 0.717) is 31.0 Å². The number of urea groups is 1. The molecule has 0 radical (unpaired) electrons. The molecule has 1 unspecified atom stereocenters. The Balaban J connectivity index is 1.44. The van der Waals surface area contributed by atoms with E-state index in [4.69, 9.17) is 4.52 Å². The van der Waals surface area contributed by atoms with Gasteiger partial charge in [0.2, 0.25) is 11.7 Å². The number of aromatic nitrogens is 2. The first-order chi connectivity index (χ1) is 13.6. The van der Waals surface area contributed by atoms with Crippen LogP contribution in [0.25, 0.3) is 11.4 Å². The summed E-state index contributed by atoms with van der Waals surface area (Å²) < 4.78 is 31.7. The van der Waals surface area contributed by atoms with Crippen LogP contribution in [0.2, 0.25) is 0 Å². The standard InChI is InChI=1S/C20H18F2N4O2/c21-15-8-6-13(7-9-15)12-23-20(27)26-10-2-5-17(26)19-24-18(25-28-19)14-3-1-4-16(22)11-14/h1,3-4,6-9,11,17H,2,5,10,12H2,(H,23,27). The molecular formula is C20H18F2N4O2. The van der Waals surface area contributed by atoms with Gasteiger partial charge in [0.1, 0.15) is 17.7 Å². The lowest BCUT2D eigenvalue weighted by atomic mass is 10.2. The maximum absolute atomic E-state index is 13.4. The second-order valence-corrected chi connectivity index (χ2v) is 6.60. The molecule has 1 aliphatic rings. The molecule has 0 spiro atoms. The number of carbonyl (C=O) groups is 1. The molecule has 1 saturated heterocycles. The molecule has 28 heavy (non-hydrogen) atoms. The average molecular weight is 384 g/mol. The average Bonchev–Trinajstić information content (AvgIpc) is 3.36. The van der Waals surface area contributed by atoms with Crippen LogP contribution in [0.15, 0.2) is 53.1 Å². The van der Waals surface area contributed by atoms with Crippen LogP contribution in [0.1, 0.15) is 30.3 Å². The molecule has 0 bridgehead atoms. The molecular weight excluding hydrogens is 366 g/mol. The molecule has 144 valence electrons. The summed E-state index contributed by atoms with van der Waals surface area (Å²) in [6, 6.07) is 11.3. The summed E-state index contributed by atoms with van der Waals surface area (Å²) >= 11 is 0. The van der Waals surface area contributed by atoms with Crippen LogP contribution in [-0.4, -0.2) is 27.6 Å². The van der Waals surface area contributed by atoms with Gasteiger partial charge in [0.15, 0.2) is 0 Å². The van der Waals surface area contributed by atoms with Crippen molar-refractivity contribution in [2.24, 2.45) is 0 Å². The summed E-state index contributed by atoms with van der Waals surface area (Å²) in [6.07, 6.45) is 1.51. The number of carbonyl (C=O) groups excluding carboxylic acids is 1. The third kappa shape index (κ3) is 3.85. The van der Waals surface area contributed by atoms with Crippen LogP contribution >= 0.6 is 0 Å². The highest BCUT2D eigenvalue weighted by atomic mass is 19.1. The van der Waals surface area contributed by atoms with Gasteiger partial charge in [0.25, 0.3) is 0 Å². The predicted molar refractivity (Wildman–Crippen MR) is 97.0 cm³/mol. The van der Waals surface area contributed by atoms with Crippen molar-refractivity contribution in [2.45, 2.75) is 25.4 Å². The van der Waals surface area contributed by atoms with Crippen molar-refractivity contribution < 1.29 is 18.1 Å². The van der Waals surface area contributed by atoms with Gasteiger partial charge < -0.3 is 14.7 Å². The molecule has 2 heterocycles. The highest BCUT2D eigenvalue weighted by Crippen LogP contribution is 2.32. The van der Waals surface area contributed by atoms with E-state index < -0.39 is 0 Å². The summed E-state index contributed by atoms with van der Waals surface area (Å²) in [5.41, 5.74) is 1.32. The molecule has 2 aromatic carbocycles. The van der Waals surface area contributed by atoms with E-state index in [9.17, 15) is 13.6 Å². The minimum atomic E-state index is -0.383. The number of halogens is 2. The molecule has 1 aromatic heterocycles. The SMILES string of the molecule is O=C(NCc1ccc(F)cc1)N1CCCC1c1nc(-c2cccc(F)c2)no1. The lowest BCUT2D eigenvalue weighted by Gasteiger charge is -2.22. The number of hydrogen-bond acceptors (Lipinski definition) is 4. The lowest BCUT2D eigenvalue weighted by Crippen LogP contribution is -2.39. The van der Waals surface area contributed by atoms with Crippen molar-refractivity contribution in [3.63, 3.8) is 0 Å². The molecule has 0 saturated carbocycles. The Hall–Kier alpha value is -3.29. The van der Waals surface area contributed by atoms with Gasteiger partial charge in [0, 0.05) is 18.7 Å². The first kappa shape index (κ1) is 18.1. The minimum absolute atomic E-state index is 0.252. The Morgan fingerprint density at radius 3 is 2.79 bits per heavy atom. The van der Waals surface area contributed by atoms with Crippen LogP contribution in [0.4, 0.5) is 13.6 Å². The van der Waals surface area contributed by atoms with E-state index in [1.54, 1.807) is 29.2 Å². The third-order valence-electron chi connectivity index (χ3n) is 4.68. The number of rotatable bonds is 4. The normalized spacial score (nSPS) is 16.4. The zero-order valence-electron chi connectivity index (χ0n) is 14.9. The third-order valence-corrected chi connectivity index (χ3v) is 4.68. The summed E-state index contributed by atoms with van der Waals surface area (Å²) in [5, 5.41) is 6.75. The summed E-state index contributed by atoms with van der Waals surface area (Å²) in [5.74, 6) is -0.0894. The van der Waals surface area contributed by atoms with Crippen LogP contribution in [0.3, 0.4) is 0 Å². The first-order valence-electron chi connectivity index (χ1n) is 8.98. The second-order valence-electron chi connectivity index (χ2n) is 6.60. The van der Waals surface area contributed by atoms with Gasteiger partial charge in [-0.25, -0.2) is 13.6 Å². The van der Waals surface area contributed by atoms with E-state index in [2.05, 4.69) is 15.5 Å². The maximum atomic E-state index is 13.4. The smallest absolute Gasteiger partial charge is 0.318 e. The Kier molecular flexibility index (Phi) is 5.01. The Labute approximate surface area is 160 Å². The van der Waals surface area contributed by atoms with Crippen molar-refractivity contribution in [2.75, 3.05) is 6.54 Å². The number of benzene rings is 2. The molecule has 6 nitrogen and oxygen atoms in total. The molecule has 4 rings (SSSR count). The van der Waals surface area contributed by atoms with Gasteiger partial charge >= 0.3 is 6.03 Å². The Morgan fingerprint density at radius 2 is 2.00 bits per heavy atom. The van der Waals surface area contributed by atoms with Gasteiger partial charge in [-0.3, -0.25) is 0 Å². The molecule has 8 heteroatoms. The van der Waals surface area contributed by atoms with Crippen molar-refractivity contribution in [3.8, 4) is 11.4 Å². The van der Waals surface area contributed by atoms with Crippen LogP contribution in [0.5, 0.6) is 0 Å².